The first-order chi connectivity index (χ1) is 12.2. The summed E-state index contributed by atoms with van der Waals surface area (Å²) < 4.78 is 3.61. The van der Waals surface area contributed by atoms with Crippen LogP contribution in [0.2, 0.25) is 0 Å². The van der Waals surface area contributed by atoms with Crippen LogP contribution in [-0.4, -0.2) is 37.5 Å². The van der Waals surface area contributed by atoms with Crippen molar-refractivity contribution in [2.75, 3.05) is 18.8 Å². The lowest BCUT2D eigenvalue weighted by molar-refractivity contribution is 0.452. The third-order valence-electron chi connectivity index (χ3n) is 5.44. The molecule has 1 atom stereocenters. The summed E-state index contributed by atoms with van der Waals surface area (Å²) in [5.74, 6) is 1.76. The predicted octanol–water partition coefficient (Wildman–Crippen LogP) is 2.06. The molecule has 1 aliphatic heterocycles. The number of nitrogens with one attached hydrogen (secondary N) is 1. The maximum Gasteiger partial charge on any atom is 0.165 e. The predicted molar refractivity (Wildman–Crippen MR) is 96.4 cm³/mol. The van der Waals surface area contributed by atoms with Crippen LogP contribution in [0.1, 0.15) is 48.8 Å². The van der Waals surface area contributed by atoms with Crippen molar-refractivity contribution >= 4 is 11.5 Å². The maximum absolute atomic E-state index is 6.58. The van der Waals surface area contributed by atoms with E-state index in [2.05, 4.69) is 15.5 Å². The van der Waals surface area contributed by atoms with E-state index in [9.17, 15) is 0 Å². The average molecular weight is 337 g/mol. The van der Waals surface area contributed by atoms with Gasteiger partial charge in [-0.15, -0.1) is 0 Å². The summed E-state index contributed by atoms with van der Waals surface area (Å²) in [6, 6.07) is 0. The standard InChI is InChI=1S/C18H23N7/c1-24-10-13(8-21-24)14-9-22-25-17(19)15(11-4-5-11)16(23-18(14)25)12-3-2-6-20-7-12/h8-12,20H,2-7,19H2,1H3. The second-order valence-corrected chi connectivity index (χ2v) is 7.31. The van der Waals surface area contributed by atoms with Crippen molar-refractivity contribution in [1.82, 2.24) is 29.7 Å². The average Bonchev–Trinajstić information content (AvgIpc) is 3.22. The lowest BCUT2D eigenvalue weighted by Crippen LogP contribution is -2.30. The van der Waals surface area contributed by atoms with E-state index in [1.54, 1.807) is 4.68 Å². The number of anilines is 1. The molecule has 1 saturated heterocycles. The first kappa shape index (κ1) is 14.9. The topological polar surface area (TPSA) is 86.1 Å². The number of rotatable bonds is 3. The molecule has 3 aromatic rings. The molecular formula is C18H23N7. The summed E-state index contributed by atoms with van der Waals surface area (Å²) in [6.45, 7) is 2.08. The molecule has 3 aromatic heterocycles. The van der Waals surface area contributed by atoms with E-state index in [-0.39, 0.29) is 0 Å². The maximum atomic E-state index is 6.58. The summed E-state index contributed by atoms with van der Waals surface area (Å²) in [5.41, 5.74) is 11.9. The number of nitrogen functional groups attached to an aromatic ring is 1. The Morgan fingerprint density at radius 1 is 1.16 bits per heavy atom. The normalized spacial score (nSPS) is 21.1. The molecule has 5 rings (SSSR count). The second-order valence-electron chi connectivity index (χ2n) is 7.31. The fourth-order valence-corrected chi connectivity index (χ4v) is 4.00. The minimum Gasteiger partial charge on any atom is -0.383 e. The zero-order valence-electron chi connectivity index (χ0n) is 14.4. The van der Waals surface area contributed by atoms with Gasteiger partial charge in [-0.1, -0.05) is 0 Å². The Morgan fingerprint density at radius 3 is 2.72 bits per heavy atom. The Labute approximate surface area is 146 Å². The first-order valence-corrected chi connectivity index (χ1v) is 9.09. The molecule has 7 heteroatoms. The molecule has 130 valence electrons. The highest BCUT2D eigenvalue weighted by Gasteiger charge is 2.34. The summed E-state index contributed by atoms with van der Waals surface area (Å²) in [5, 5.41) is 12.3. The van der Waals surface area contributed by atoms with Crippen LogP contribution < -0.4 is 11.1 Å². The lowest BCUT2D eigenvalue weighted by Gasteiger charge is -2.25. The Kier molecular flexibility index (Phi) is 3.31. The van der Waals surface area contributed by atoms with E-state index in [0.29, 0.717) is 11.8 Å². The van der Waals surface area contributed by atoms with Gasteiger partial charge in [-0.25, -0.2) is 4.98 Å². The molecule has 0 amide bonds. The minimum absolute atomic E-state index is 0.438. The van der Waals surface area contributed by atoms with Gasteiger partial charge in [0.25, 0.3) is 0 Å². The highest BCUT2D eigenvalue weighted by molar-refractivity contribution is 5.78. The van der Waals surface area contributed by atoms with E-state index in [4.69, 9.17) is 10.7 Å². The van der Waals surface area contributed by atoms with Gasteiger partial charge in [-0.05, 0) is 38.1 Å². The van der Waals surface area contributed by atoms with Gasteiger partial charge >= 0.3 is 0 Å². The number of hydrogen-bond acceptors (Lipinski definition) is 5. The molecule has 1 saturated carbocycles. The van der Waals surface area contributed by atoms with Gasteiger partial charge in [0.1, 0.15) is 5.82 Å². The van der Waals surface area contributed by atoms with Crippen molar-refractivity contribution in [3.63, 3.8) is 0 Å². The number of nitrogens with zero attached hydrogens (tertiary/aromatic N) is 5. The Morgan fingerprint density at radius 2 is 2.04 bits per heavy atom. The molecule has 25 heavy (non-hydrogen) atoms. The van der Waals surface area contributed by atoms with Gasteiger partial charge in [0.15, 0.2) is 5.65 Å². The first-order valence-electron chi connectivity index (χ1n) is 9.09. The second kappa shape index (κ2) is 5.56. The Hall–Kier alpha value is -2.41. The monoisotopic (exact) mass is 337 g/mol. The molecule has 0 bridgehead atoms. The van der Waals surface area contributed by atoms with Crippen LogP contribution in [0.3, 0.4) is 0 Å². The molecule has 4 heterocycles. The Balaban J connectivity index is 1.71. The SMILES string of the molecule is Cn1cc(-c2cnn3c(N)c(C4CC4)c(C4CCCNC4)nc23)cn1. The van der Waals surface area contributed by atoms with E-state index >= 15 is 0 Å². The molecule has 0 aromatic carbocycles. The van der Waals surface area contributed by atoms with Crippen molar-refractivity contribution in [3.8, 4) is 11.1 Å². The number of fused-ring (bicyclic) bond motifs is 1. The van der Waals surface area contributed by atoms with Crippen LogP contribution in [0.4, 0.5) is 5.82 Å². The van der Waals surface area contributed by atoms with Gasteiger partial charge in [-0.2, -0.15) is 14.7 Å². The van der Waals surface area contributed by atoms with Gasteiger partial charge in [0.2, 0.25) is 0 Å². The van der Waals surface area contributed by atoms with Gasteiger partial charge < -0.3 is 11.1 Å². The molecule has 3 N–H and O–H groups in total. The van der Waals surface area contributed by atoms with E-state index in [1.807, 2.05) is 30.2 Å². The zero-order chi connectivity index (χ0) is 17.0. The van der Waals surface area contributed by atoms with Gasteiger partial charge in [0, 0.05) is 42.4 Å². The summed E-state index contributed by atoms with van der Waals surface area (Å²) >= 11 is 0. The Bertz CT molecular complexity index is 928. The van der Waals surface area contributed by atoms with Crippen molar-refractivity contribution in [1.29, 1.82) is 0 Å². The zero-order valence-corrected chi connectivity index (χ0v) is 14.4. The molecule has 7 nitrogen and oxygen atoms in total. The number of hydrogen-bond donors (Lipinski definition) is 2. The molecule has 0 radical (unpaired) electrons. The van der Waals surface area contributed by atoms with Gasteiger partial charge in [-0.3, -0.25) is 4.68 Å². The van der Waals surface area contributed by atoms with Crippen molar-refractivity contribution in [3.05, 3.63) is 29.8 Å². The summed E-state index contributed by atoms with van der Waals surface area (Å²) in [6.07, 6.45) is 10.5. The number of aromatic nitrogens is 5. The summed E-state index contributed by atoms with van der Waals surface area (Å²) in [4.78, 5) is 5.11. The summed E-state index contributed by atoms with van der Waals surface area (Å²) in [7, 11) is 1.92. The smallest absolute Gasteiger partial charge is 0.165 e. The fourth-order valence-electron chi connectivity index (χ4n) is 4.00. The fraction of sp³-hybridized carbons (Fsp3) is 0.500. The van der Waals surface area contributed by atoms with Crippen molar-refractivity contribution < 1.29 is 0 Å². The molecular weight excluding hydrogens is 314 g/mol. The van der Waals surface area contributed by atoms with Crippen LogP contribution in [-0.2, 0) is 7.05 Å². The minimum atomic E-state index is 0.438. The van der Waals surface area contributed by atoms with E-state index in [1.165, 1.54) is 36.9 Å². The van der Waals surface area contributed by atoms with E-state index < -0.39 is 0 Å². The quantitative estimate of drug-likeness (QED) is 0.764. The molecule has 2 fully saturated rings. The highest BCUT2D eigenvalue weighted by Crippen LogP contribution is 2.46. The van der Waals surface area contributed by atoms with Gasteiger partial charge in [0.05, 0.1) is 18.1 Å². The highest BCUT2D eigenvalue weighted by atomic mass is 15.3. The third kappa shape index (κ3) is 2.41. The van der Waals surface area contributed by atoms with Crippen molar-refractivity contribution in [2.45, 2.75) is 37.5 Å². The third-order valence-corrected chi connectivity index (χ3v) is 5.44. The van der Waals surface area contributed by atoms with Crippen LogP contribution >= 0.6 is 0 Å². The molecule has 0 spiro atoms. The molecule has 1 aliphatic carbocycles. The van der Waals surface area contributed by atoms with E-state index in [0.717, 1.165) is 35.7 Å². The molecule has 1 unspecified atom stereocenters. The van der Waals surface area contributed by atoms with Crippen LogP contribution in [0.5, 0.6) is 0 Å². The van der Waals surface area contributed by atoms with Crippen LogP contribution in [0.25, 0.3) is 16.8 Å². The van der Waals surface area contributed by atoms with Crippen LogP contribution in [0, 0.1) is 0 Å². The lowest BCUT2D eigenvalue weighted by atomic mass is 9.91. The van der Waals surface area contributed by atoms with Crippen molar-refractivity contribution in [2.24, 2.45) is 7.05 Å². The number of piperidine rings is 1. The number of nitrogens with two attached hydrogens (primary N) is 1. The largest absolute Gasteiger partial charge is 0.383 e. The number of aryl methyl sites for hydroxylation is 1. The van der Waals surface area contributed by atoms with Crippen LogP contribution in [0.15, 0.2) is 18.6 Å². The molecule has 2 aliphatic rings.